The predicted molar refractivity (Wildman–Crippen MR) is 162 cm³/mol. The molecule has 9 nitrogen and oxygen atoms in total. The normalized spacial score (nSPS) is 14.4. The summed E-state index contributed by atoms with van der Waals surface area (Å²) >= 11 is 1.47. The molecule has 0 bridgehead atoms. The number of rotatable bonds is 10. The van der Waals surface area contributed by atoms with E-state index in [1.807, 2.05) is 50.2 Å². The molecule has 3 heterocycles. The Kier molecular flexibility index (Phi) is 8.37. The molecule has 0 radical (unpaired) electrons. The first-order valence-electron chi connectivity index (χ1n) is 13.5. The first kappa shape index (κ1) is 27.7. The molecule has 2 aromatic heterocycles. The van der Waals surface area contributed by atoms with Crippen molar-refractivity contribution in [3.63, 3.8) is 0 Å². The number of para-hydroxylation sites is 1. The van der Waals surface area contributed by atoms with E-state index in [0.717, 1.165) is 69.3 Å². The van der Waals surface area contributed by atoms with E-state index in [-0.39, 0.29) is 12.5 Å². The molecular formula is C30H36N6O3S. The zero-order valence-corrected chi connectivity index (χ0v) is 24.2. The molecule has 210 valence electrons. The fourth-order valence-corrected chi connectivity index (χ4v) is 6.13. The van der Waals surface area contributed by atoms with Crippen molar-refractivity contribution >= 4 is 44.8 Å². The van der Waals surface area contributed by atoms with Crippen molar-refractivity contribution in [1.82, 2.24) is 14.9 Å². The fraction of sp³-hybridized carbons (Fsp3) is 0.367. The van der Waals surface area contributed by atoms with Gasteiger partial charge in [0.15, 0.2) is 0 Å². The summed E-state index contributed by atoms with van der Waals surface area (Å²) in [6.45, 7) is 6.20. The van der Waals surface area contributed by atoms with Gasteiger partial charge in [-0.1, -0.05) is 18.2 Å². The Hall–Kier alpha value is -3.89. The van der Waals surface area contributed by atoms with Gasteiger partial charge in [-0.2, -0.15) is 0 Å². The Balaban J connectivity index is 1.49. The average Bonchev–Trinajstić information content (AvgIpc) is 3.27. The van der Waals surface area contributed by atoms with Crippen molar-refractivity contribution in [2.75, 3.05) is 37.9 Å². The molecule has 4 aromatic rings. The molecule has 1 saturated heterocycles. The van der Waals surface area contributed by atoms with Gasteiger partial charge >= 0.3 is 0 Å². The number of carbonyl (C=O) groups excluding carboxylic acids is 1. The van der Waals surface area contributed by atoms with Crippen LogP contribution in [0.2, 0.25) is 0 Å². The van der Waals surface area contributed by atoms with Gasteiger partial charge in [-0.15, -0.1) is 11.3 Å². The van der Waals surface area contributed by atoms with Crippen LogP contribution in [0, 0.1) is 0 Å². The molecule has 10 heteroatoms. The third kappa shape index (κ3) is 6.29. The molecule has 2 aromatic carbocycles. The second-order valence-corrected chi connectivity index (χ2v) is 11.5. The number of aromatic nitrogens is 2. The number of hydrogen-bond acceptors (Lipinski definition) is 9. The second kappa shape index (κ2) is 12.1. The summed E-state index contributed by atoms with van der Waals surface area (Å²) in [5, 5.41) is 7.04. The molecule has 40 heavy (non-hydrogen) atoms. The lowest BCUT2D eigenvalue weighted by Crippen LogP contribution is -2.36. The van der Waals surface area contributed by atoms with Crippen LogP contribution in [0.4, 0.5) is 17.3 Å². The van der Waals surface area contributed by atoms with Crippen LogP contribution in [0.25, 0.3) is 21.3 Å². The van der Waals surface area contributed by atoms with E-state index in [9.17, 15) is 4.79 Å². The van der Waals surface area contributed by atoms with Gasteiger partial charge in [0.05, 0.1) is 41.7 Å². The van der Waals surface area contributed by atoms with Gasteiger partial charge in [-0.25, -0.2) is 9.97 Å². The Morgan fingerprint density at radius 2 is 1.95 bits per heavy atom. The first-order chi connectivity index (χ1) is 19.3. The van der Waals surface area contributed by atoms with E-state index in [0.29, 0.717) is 17.7 Å². The summed E-state index contributed by atoms with van der Waals surface area (Å²) in [5.41, 5.74) is 9.81. The van der Waals surface area contributed by atoms with Crippen molar-refractivity contribution in [3.05, 3.63) is 53.5 Å². The van der Waals surface area contributed by atoms with Crippen molar-refractivity contribution in [2.45, 2.75) is 45.3 Å². The molecular weight excluding hydrogens is 524 g/mol. The van der Waals surface area contributed by atoms with Gasteiger partial charge in [-0.3, -0.25) is 4.79 Å². The van der Waals surface area contributed by atoms with Crippen LogP contribution in [0.5, 0.6) is 11.5 Å². The predicted octanol–water partition coefficient (Wildman–Crippen LogP) is 5.43. The Labute approximate surface area is 238 Å². The van der Waals surface area contributed by atoms with Gasteiger partial charge in [0.2, 0.25) is 11.9 Å². The number of nitrogens with two attached hydrogens (primary N) is 1. The minimum Gasteiger partial charge on any atom is -0.496 e. The molecule has 1 aliphatic heterocycles. The fourth-order valence-electron chi connectivity index (χ4n) is 4.99. The third-order valence-electron chi connectivity index (χ3n) is 6.90. The molecule has 0 aliphatic carbocycles. The number of carbonyl (C=O) groups is 1. The number of likely N-dealkylation sites (tertiary alicyclic amines) is 1. The number of fused-ring (bicyclic) bond motifs is 1. The van der Waals surface area contributed by atoms with Crippen molar-refractivity contribution in [1.29, 1.82) is 0 Å². The number of piperidine rings is 1. The molecule has 0 saturated carbocycles. The number of methoxy groups -OCH3 is 1. The maximum absolute atomic E-state index is 11.9. The standard InChI is InChI=1S/C30H36N6O3S/c1-18(2)39-24-15-20(33-19-11-13-36(3)14-12-19)9-10-22(24)34-30-32-17-26-29(35-30)28(25(40-26)16-27(31)37)21-7-5-6-8-23(21)38-4/h5-10,15,17-19,33H,11-14,16H2,1-4H3,(H2,31,37)(H,32,34,35). The SMILES string of the molecule is COc1ccccc1-c1c(CC(N)=O)sc2cnc(Nc3ccc(NC4CCN(C)CC4)cc3OC(C)C)nc12. The second-order valence-electron chi connectivity index (χ2n) is 10.4. The monoisotopic (exact) mass is 560 g/mol. The zero-order valence-electron chi connectivity index (χ0n) is 23.4. The molecule has 4 N–H and O–H groups in total. The van der Waals surface area contributed by atoms with E-state index in [1.54, 1.807) is 13.3 Å². The van der Waals surface area contributed by atoms with E-state index in [2.05, 4.69) is 33.6 Å². The highest BCUT2D eigenvalue weighted by Crippen LogP contribution is 2.42. The topological polar surface area (TPSA) is 115 Å². The number of ether oxygens (including phenoxy) is 2. The van der Waals surface area contributed by atoms with Crippen molar-refractivity contribution in [3.8, 4) is 22.6 Å². The number of thiophene rings is 1. The Morgan fingerprint density at radius 3 is 2.67 bits per heavy atom. The minimum absolute atomic E-state index is 0.00657. The summed E-state index contributed by atoms with van der Waals surface area (Å²) in [6, 6.07) is 14.2. The first-order valence-corrected chi connectivity index (χ1v) is 14.3. The maximum Gasteiger partial charge on any atom is 0.227 e. The Morgan fingerprint density at radius 1 is 1.18 bits per heavy atom. The van der Waals surface area contributed by atoms with Crippen molar-refractivity contribution < 1.29 is 14.3 Å². The van der Waals surface area contributed by atoms with Crippen LogP contribution < -0.4 is 25.8 Å². The lowest BCUT2D eigenvalue weighted by molar-refractivity contribution is -0.117. The number of anilines is 3. The van der Waals surface area contributed by atoms with E-state index < -0.39 is 5.91 Å². The summed E-state index contributed by atoms with van der Waals surface area (Å²) in [7, 11) is 3.79. The van der Waals surface area contributed by atoms with Gasteiger partial charge in [0.25, 0.3) is 0 Å². The summed E-state index contributed by atoms with van der Waals surface area (Å²) in [4.78, 5) is 24.6. The molecule has 0 atom stereocenters. The quantitative estimate of drug-likeness (QED) is 0.235. The van der Waals surface area contributed by atoms with Gasteiger partial charge in [-0.05, 0) is 65.0 Å². The average molecular weight is 561 g/mol. The number of primary amides is 1. The number of nitrogens with one attached hydrogen (secondary N) is 2. The highest BCUT2D eigenvalue weighted by Gasteiger charge is 2.21. The number of nitrogens with zero attached hydrogens (tertiary/aromatic N) is 3. The van der Waals surface area contributed by atoms with E-state index in [4.69, 9.17) is 20.2 Å². The zero-order chi connectivity index (χ0) is 28.2. The summed E-state index contributed by atoms with van der Waals surface area (Å²) in [6.07, 6.45) is 4.09. The van der Waals surface area contributed by atoms with E-state index >= 15 is 0 Å². The molecule has 1 amide bonds. The number of amides is 1. The molecule has 0 spiro atoms. The molecule has 0 unspecified atom stereocenters. The third-order valence-corrected chi connectivity index (χ3v) is 8.01. The maximum atomic E-state index is 11.9. The van der Waals surface area contributed by atoms with Crippen LogP contribution in [0.3, 0.4) is 0 Å². The lowest BCUT2D eigenvalue weighted by atomic mass is 10.0. The van der Waals surface area contributed by atoms with E-state index in [1.165, 1.54) is 11.3 Å². The van der Waals surface area contributed by atoms with Gasteiger partial charge < -0.3 is 30.7 Å². The van der Waals surface area contributed by atoms with Crippen LogP contribution >= 0.6 is 11.3 Å². The highest BCUT2D eigenvalue weighted by atomic mass is 32.1. The van der Waals surface area contributed by atoms with Crippen LogP contribution in [-0.4, -0.2) is 60.2 Å². The summed E-state index contributed by atoms with van der Waals surface area (Å²) in [5.74, 6) is 1.44. The highest BCUT2D eigenvalue weighted by molar-refractivity contribution is 7.19. The van der Waals surface area contributed by atoms with Crippen molar-refractivity contribution in [2.24, 2.45) is 5.73 Å². The largest absolute Gasteiger partial charge is 0.496 e. The molecule has 1 aliphatic rings. The van der Waals surface area contributed by atoms with Gasteiger partial charge in [0, 0.05) is 33.8 Å². The lowest BCUT2D eigenvalue weighted by Gasteiger charge is -2.30. The van der Waals surface area contributed by atoms with Gasteiger partial charge in [0.1, 0.15) is 11.5 Å². The number of hydrogen-bond donors (Lipinski definition) is 3. The summed E-state index contributed by atoms with van der Waals surface area (Å²) < 4.78 is 12.7. The van der Waals surface area contributed by atoms with Crippen LogP contribution in [0.15, 0.2) is 48.7 Å². The van der Waals surface area contributed by atoms with Crippen LogP contribution in [-0.2, 0) is 11.2 Å². The minimum atomic E-state index is -0.404. The molecule has 5 rings (SSSR count). The Bertz CT molecular complexity index is 1500. The smallest absolute Gasteiger partial charge is 0.227 e. The number of benzene rings is 2. The molecule has 1 fully saturated rings. The van der Waals surface area contributed by atoms with Crippen LogP contribution in [0.1, 0.15) is 31.6 Å².